The fourth-order valence-electron chi connectivity index (χ4n) is 2.08. The van der Waals surface area contributed by atoms with Gasteiger partial charge >= 0.3 is 0 Å². The number of benzene rings is 1. The minimum atomic E-state index is -1.08. The monoisotopic (exact) mass is 296 g/mol. The van der Waals surface area contributed by atoms with Gasteiger partial charge in [-0.25, -0.2) is 4.21 Å². The van der Waals surface area contributed by atoms with E-state index in [1.807, 2.05) is 49.9 Å². The van der Waals surface area contributed by atoms with E-state index in [9.17, 15) is 4.21 Å². The summed E-state index contributed by atoms with van der Waals surface area (Å²) >= 11 is 1.81. The molecule has 0 saturated heterocycles. The summed E-state index contributed by atoms with van der Waals surface area (Å²) in [5, 5.41) is 0. The quantitative estimate of drug-likeness (QED) is 0.832. The lowest BCUT2D eigenvalue weighted by molar-refractivity contribution is 0.165. The number of ether oxygens (including phenoxy) is 1. The molecule has 0 radical (unpaired) electrons. The number of rotatable bonds is 4. The first-order valence-electron chi connectivity index (χ1n) is 6.58. The lowest BCUT2D eigenvalue weighted by Gasteiger charge is -2.26. The van der Waals surface area contributed by atoms with Crippen molar-refractivity contribution in [3.05, 3.63) is 40.5 Å². The lowest BCUT2D eigenvalue weighted by atomic mass is 10.2. The molecule has 0 aliphatic carbocycles. The molecule has 4 heteroatoms. The molecule has 1 aromatic rings. The van der Waals surface area contributed by atoms with E-state index in [1.54, 1.807) is 0 Å². The molecule has 1 aromatic carbocycles. The third-order valence-electron chi connectivity index (χ3n) is 3.12. The van der Waals surface area contributed by atoms with Crippen LogP contribution in [-0.4, -0.2) is 15.4 Å². The van der Waals surface area contributed by atoms with Crippen LogP contribution in [0.2, 0.25) is 0 Å². The maximum Gasteiger partial charge on any atom is 0.144 e. The molecule has 0 amide bonds. The van der Waals surface area contributed by atoms with Crippen molar-refractivity contribution in [2.24, 2.45) is 0 Å². The summed E-state index contributed by atoms with van der Waals surface area (Å²) in [6.45, 7) is 6.10. The third kappa shape index (κ3) is 3.63. The van der Waals surface area contributed by atoms with Crippen LogP contribution in [0.4, 0.5) is 0 Å². The highest BCUT2D eigenvalue weighted by Gasteiger charge is 2.23. The highest BCUT2D eigenvalue weighted by molar-refractivity contribution is 7.99. The van der Waals surface area contributed by atoms with Crippen molar-refractivity contribution in [2.75, 3.05) is 5.75 Å². The highest BCUT2D eigenvalue weighted by Crippen LogP contribution is 2.33. The molecule has 0 N–H and O–H groups in total. The third-order valence-corrected chi connectivity index (χ3v) is 5.80. The average Bonchev–Trinajstić information content (AvgIpc) is 2.39. The number of thioether (sulfide) groups is 1. The van der Waals surface area contributed by atoms with Crippen molar-refractivity contribution < 1.29 is 8.95 Å². The molecular weight excluding hydrogens is 276 g/mol. The summed E-state index contributed by atoms with van der Waals surface area (Å²) in [7, 11) is -1.08. The first-order chi connectivity index (χ1) is 9.11. The van der Waals surface area contributed by atoms with Crippen LogP contribution >= 0.6 is 11.8 Å². The molecule has 1 aliphatic rings. The topological polar surface area (TPSA) is 26.3 Å². The van der Waals surface area contributed by atoms with Crippen LogP contribution in [0.3, 0.4) is 0 Å². The molecule has 104 valence electrons. The second-order valence-corrected chi connectivity index (χ2v) is 7.54. The van der Waals surface area contributed by atoms with E-state index in [0.29, 0.717) is 0 Å². The van der Waals surface area contributed by atoms with Crippen molar-refractivity contribution in [1.82, 2.24) is 0 Å². The van der Waals surface area contributed by atoms with Crippen molar-refractivity contribution in [3.63, 3.8) is 0 Å². The van der Waals surface area contributed by atoms with Gasteiger partial charge in [0.25, 0.3) is 0 Å². The van der Waals surface area contributed by atoms with Crippen LogP contribution in [0.15, 0.2) is 39.8 Å². The van der Waals surface area contributed by atoms with Crippen molar-refractivity contribution >= 4 is 22.6 Å². The Labute approximate surface area is 122 Å². The predicted molar refractivity (Wildman–Crippen MR) is 82.5 cm³/mol. The first-order valence-corrected chi connectivity index (χ1v) is 8.78. The molecule has 0 spiro atoms. The van der Waals surface area contributed by atoms with E-state index in [4.69, 9.17) is 4.74 Å². The first kappa shape index (κ1) is 14.7. The van der Waals surface area contributed by atoms with E-state index in [1.165, 1.54) is 5.56 Å². The second-order valence-electron chi connectivity index (χ2n) is 4.60. The Kier molecular flexibility index (Phi) is 5.11. The molecule has 2 unspecified atom stereocenters. The van der Waals surface area contributed by atoms with E-state index in [2.05, 4.69) is 6.92 Å². The van der Waals surface area contributed by atoms with Crippen molar-refractivity contribution in [2.45, 2.75) is 43.9 Å². The molecule has 0 saturated carbocycles. The number of aryl methyl sites for hydroxylation is 1. The van der Waals surface area contributed by atoms with Crippen LogP contribution in [0, 0.1) is 6.92 Å². The Balaban J connectivity index is 2.15. The number of hydrogen-bond acceptors (Lipinski definition) is 3. The normalized spacial score (nSPS) is 21.1. The Morgan fingerprint density at radius 2 is 2.00 bits per heavy atom. The SMILES string of the molecule is CCSC1CCC(S(=O)c2ccc(C)cc2)=C(C)O1. The molecule has 1 heterocycles. The number of allylic oxidation sites excluding steroid dienone is 2. The van der Waals surface area contributed by atoms with Crippen LogP contribution in [0.1, 0.15) is 32.3 Å². The van der Waals surface area contributed by atoms with Gasteiger partial charge in [-0.3, -0.25) is 0 Å². The smallest absolute Gasteiger partial charge is 0.144 e. The molecule has 1 aliphatic heterocycles. The van der Waals surface area contributed by atoms with Gasteiger partial charge in [-0.05, 0) is 44.6 Å². The largest absolute Gasteiger partial charge is 0.484 e. The standard InChI is InChI=1S/C15H20O2S2/c1-4-18-15-10-9-14(12(3)17-15)19(16)13-7-5-11(2)6-8-13/h5-8,15H,4,9-10H2,1-3H3. The van der Waals surface area contributed by atoms with Crippen LogP contribution in [-0.2, 0) is 15.5 Å². The van der Waals surface area contributed by atoms with Crippen LogP contribution in [0.5, 0.6) is 0 Å². The van der Waals surface area contributed by atoms with Gasteiger partial charge in [0.1, 0.15) is 11.2 Å². The average molecular weight is 296 g/mol. The van der Waals surface area contributed by atoms with E-state index in [-0.39, 0.29) is 5.44 Å². The minimum absolute atomic E-state index is 0.226. The molecular formula is C15H20O2S2. The van der Waals surface area contributed by atoms with Gasteiger partial charge in [0.15, 0.2) is 0 Å². The van der Waals surface area contributed by atoms with E-state index in [0.717, 1.165) is 34.2 Å². The van der Waals surface area contributed by atoms with Crippen LogP contribution in [0.25, 0.3) is 0 Å². The summed E-state index contributed by atoms with van der Waals surface area (Å²) in [6.07, 6.45) is 1.81. The molecule has 0 bridgehead atoms. The zero-order valence-corrected chi connectivity index (χ0v) is 13.3. The predicted octanol–water partition coefficient (Wildman–Crippen LogP) is 4.22. The lowest BCUT2D eigenvalue weighted by Crippen LogP contribution is -2.17. The summed E-state index contributed by atoms with van der Waals surface area (Å²) < 4.78 is 18.4. The molecule has 19 heavy (non-hydrogen) atoms. The zero-order valence-electron chi connectivity index (χ0n) is 11.6. The summed E-state index contributed by atoms with van der Waals surface area (Å²) in [4.78, 5) is 1.81. The molecule has 0 aromatic heterocycles. The Morgan fingerprint density at radius 1 is 1.32 bits per heavy atom. The van der Waals surface area contributed by atoms with Gasteiger partial charge in [-0.1, -0.05) is 24.6 Å². The molecule has 2 rings (SSSR count). The van der Waals surface area contributed by atoms with Gasteiger partial charge in [-0.15, -0.1) is 11.8 Å². The minimum Gasteiger partial charge on any atom is -0.484 e. The molecule has 2 atom stereocenters. The fourth-order valence-corrected chi connectivity index (χ4v) is 4.23. The fraction of sp³-hybridized carbons (Fsp3) is 0.467. The number of hydrogen-bond donors (Lipinski definition) is 0. The summed E-state index contributed by atoms with van der Waals surface area (Å²) in [5.74, 6) is 1.89. The molecule has 0 fully saturated rings. The van der Waals surface area contributed by atoms with Crippen molar-refractivity contribution in [3.8, 4) is 0 Å². The van der Waals surface area contributed by atoms with Gasteiger partial charge in [0.2, 0.25) is 0 Å². The second kappa shape index (κ2) is 6.62. The Hall–Kier alpha value is -0.740. The van der Waals surface area contributed by atoms with E-state index < -0.39 is 10.8 Å². The summed E-state index contributed by atoms with van der Waals surface area (Å²) in [5.41, 5.74) is 1.41. The van der Waals surface area contributed by atoms with E-state index >= 15 is 0 Å². The Morgan fingerprint density at radius 3 is 2.58 bits per heavy atom. The van der Waals surface area contributed by atoms with Gasteiger partial charge in [0.05, 0.1) is 15.7 Å². The maximum atomic E-state index is 12.6. The van der Waals surface area contributed by atoms with Gasteiger partial charge in [0, 0.05) is 4.90 Å². The maximum absolute atomic E-state index is 12.6. The van der Waals surface area contributed by atoms with Crippen molar-refractivity contribution in [1.29, 1.82) is 0 Å². The molecule has 2 nitrogen and oxygen atoms in total. The summed E-state index contributed by atoms with van der Waals surface area (Å²) in [6, 6.07) is 7.89. The van der Waals surface area contributed by atoms with Gasteiger partial charge in [-0.2, -0.15) is 0 Å². The Bertz CT molecular complexity index is 491. The zero-order chi connectivity index (χ0) is 13.8. The van der Waals surface area contributed by atoms with Crippen LogP contribution < -0.4 is 0 Å². The van der Waals surface area contributed by atoms with Gasteiger partial charge < -0.3 is 4.74 Å². The highest BCUT2D eigenvalue weighted by atomic mass is 32.2.